The molecule has 0 radical (unpaired) electrons. The Morgan fingerprint density at radius 3 is 2.83 bits per heavy atom. The minimum Gasteiger partial charge on any atom is -0.494 e. The van der Waals surface area contributed by atoms with Crippen molar-refractivity contribution >= 4 is 11.7 Å². The molecule has 96 valence electrons. The van der Waals surface area contributed by atoms with Gasteiger partial charge in [-0.25, -0.2) is 8.78 Å². The lowest BCUT2D eigenvalue weighted by Gasteiger charge is -2.06. The van der Waals surface area contributed by atoms with Gasteiger partial charge in [0.05, 0.1) is 25.6 Å². The molecular weight excluding hydrogens is 244 g/mol. The third-order valence-corrected chi connectivity index (χ3v) is 2.50. The number of nitrogens with zero attached hydrogens (tertiary/aromatic N) is 1. The second-order valence-corrected chi connectivity index (χ2v) is 3.69. The zero-order valence-corrected chi connectivity index (χ0v) is 9.70. The molecule has 18 heavy (non-hydrogen) atoms. The second-order valence-electron chi connectivity index (χ2n) is 3.69. The molecule has 2 rings (SSSR count). The summed E-state index contributed by atoms with van der Waals surface area (Å²) in [7, 11) is 1.22. The maximum absolute atomic E-state index is 13.6. The van der Waals surface area contributed by atoms with Crippen molar-refractivity contribution in [3.8, 4) is 5.75 Å². The third kappa shape index (κ3) is 2.47. The normalized spacial score (nSPS) is 14.1. The van der Waals surface area contributed by atoms with Crippen LogP contribution in [0, 0.1) is 11.6 Å². The number of carbonyl (C=O) groups excluding carboxylic acids is 1. The van der Waals surface area contributed by atoms with E-state index in [1.807, 2.05) is 0 Å². The lowest BCUT2D eigenvalue weighted by atomic mass is 10.1. The van der Waals surface area contributed by atoms with Crippen LogP contribution in [0.15, 0.2) is 17.1 Å². The molecule has 0 fully saturated rings. The van der Waals surface area contributed by atoms with Gasteiger partial charge in [-0.05, 0) is 6.07 Å². The number of rotatable bonds is 4. The van der Waals surface area contributed by atoms with Crippen molar-refractivity contribution in [1.29, 1.82) is 0 Å². The fourth-order valence-corrected chi connectivity index (χ4v) is 1.62. The molecule has 0 N–H and O–H groups in total. The second kappa shape index (κ2) is 5.12. The number of Topliss-reactive ketones (excluding diaryl/α,β-unsaturated/α-hetero) is 1. The molecule has 1 aromatic rings. The van der Waals surface area contributed by atoms with Crippen LogP contribution in [0.4, 0.5) is 8.78 Å². The maximum atomic E-state index is 13.6. The molecule has 1 heterocycles. The van der Waals surface area contributed by atoms with E-state index in [2.05, 4.69) is 9.73 Å². The van der Waals surface area contributed by atoms with E-state index in [4.69, 9.17) is 4.74 Å². The van der Waals surface area contributed by atoms with Crippen LogP contribution in [0.1, 0.15) is 16.8 Å². The summed E-state index contributed by atoms with van der Waals surface area (Å²) in [6.07, 6.45) is -0.164. The Morgan fingerprint density at radius 1 is 1.44 bits per heavy atom. The Morgan fingerprint density at radius 2 is 2.22 bits per heavy atom. The largest absolute Gasteiger partial charge is 0.494 e. The zero-order chi connectivity index (χ0) is 13.1. The highest BCUT2D eigenvalue weighted by Crippen LogP contribution is 2.22. The highest BCUT2D eigenvalue weighted by Gasteiger charge is 2.20. The van der Waals surface area contributed by atoms with Gasteiger partial charge in [0.1, 0.15) is 12.4 Å². The van der Waals surface area contributed by atoms with E-state index in [0.717, 1.165) is 12.1 Å². The predicted molar refractivity (Wildman–Crippen MR) is 60.1 cm³/mol. The van der Waals surface area contributed by atoms with Crippen molar-refractivity contribution in [2.24, 2.45) is 4.99 Å². The van der Waals surface area contributed by atoms with Crippen LogP contribution < -0.4 is 4.74 Å². The molecule has 0 aliphatic carbocycles. The van der Waals surface area contributed by atoms with Crippen molar-refractivity contribution in [3.63, 3.8) is 0 Å². The van der Waals surface area contributed by atoms with Gasteiger partial charge in [0.25, 0.3) is 0 Å². The summed E-state index contributed by atoms with van der Waals surface area (Å²) in [4.78, 5) is 15.7. The summed E-state index contributed by atoms with van der Waals surface area (Å²) in [5.41, 5.74) is -0.327. The Balaban J connectivity index is 2.22. The summed E-state index contributed by atoms with van der Waals surface area (Å²) in [5.74, 6) is -2.16. The first-order valence-electron chi connectivity index (χ1n) is 5.34. The van der Waals surface area contributed by atoms with E-state index in [-0.39, 0.29) is 23.6 Å². The summed E-state index contributed by atoms with van der Waals surface area (Å²) < 4.78 is 36.7. The van der Waals surface area contributed by atoms with Crippen LogP contribution >= 0.6 is 0 Å². The van der Waals surface area contributed by atoms with Gasteiger partial charge in [0, 0.05) is 6.07 Å². The average Bonchev–Trinajstić information content (AvgIpc) is 2.84. The molecule has 4 nitrogen and oxygen atoms in total. The average molecular weight is 255 g/mol. The van der Waals surface area contributed by atoms with Crippen LogP contribution in [0.2, 0.25) is 0 Å². The van der Waals surface area contributed by atoms with Crippen molar-refractivity contribution in [1.82, 2.24) is 0 Å². The fraction of sp³-hybridized carbons (Fsp3) is 0.333. The SMILES string of the molecule is COc1cc(F)c(C(=O)CC2=NCCO2)cc1F. The molecule has 0 saturated carbocycles. The number of methoxy groups -OCH3 is 1. The lowest BCUT2D eigenvalue weighted by Crippen LogP contribution is -2.11. The summed E-state index contributed by atoms with van der Waals surface area (Å²) in [5, 5.41) is 0. The predicted octanol–water partition coefficient (Wildman–Crippen LogP) is 1.97. The van der Waals surface area contributed by atoms with Gasteiger partial charge in [-0.3, -0.25) is 9.79 Å². The Hall–Kier alpha value is -1.98. The molecule has 0 bridgehead atoms. The Bertz CT molecular complexity index is 514. The van der Waals surface area contributed by atoms with Gasteiger partial charge in [-0.15, -0.1) is 0 Å². The number of benzene rings is 1. The van der Waals surface area contributed by atoms with Gasteiger partial charge in [-0.1, -0.05) is 0 Å². The van der Waals surface area contributed by atoms with Gasteiger partial charge >= 0.3 is 0 Å². The Kier molecular flexibility index (Phi) is 3.55. The molecule has 1 aliphatic heterocycles. The van der Waals surface area contributed by atoms with Gasteiger partial charge in [0.15, 0.2) is 23.2 Å². The molecule has 0 aromatic heterocycles. The molecular formula is C12H11F2NO3. The first-order valence-corrected chi connectivity index (χ1v) is 5.34. The quantitative estimate of drug-likeness (QED) is 0.773. The van der Waals surface area contributed by atoms with E-state index < -0.39 is 17.4 Å². The minimum absolute atomic E-state index is 0.164. The summed E-state index contributed by atoms with van der Waals surface area (Å²) in [6, 6.07) is 1.67. The standard InChI is InChI=1S/C12H11F2NO3/c1-17-11-5-8(13)7(4-9(11)14)10(16)6-12-15-2-3-18-12/h4-5H,2-3,6H2,1H3. The molecule has 0 amide bonds. The van der Waals surface area contributed by atoms with Crippen molar-refractivity contribution in [2.75, 3.05) is 20.3 Å². The summed E-state index contributed by atoms with van der Waals surface area (Å²) in [6.45, 7) is 0.907. The Labute approximate surface area is 102 Å². The number of ether oxygens (including phenoxy) is 2. The van der Waals surface area contributed by atoms with Gasteiger partial charge < -0.3 is 9.47 Å². The zero-order valence-electron chi connectivity index (χ0n) is 9.70. The van der Waals surface area contributed by atoms with E-state index >= 15 is 0 Å². The minimum atomic E-state index is -0.822. The van der Waals surface area contributed by atoms with Crippen molar-refractivity contribution in [2.45, 2.75) is 6.42 Å². The molecule has 0 unspecified atom stereocenters. The smallest absolute Gasteiger partial charge is 0.191 e. The van der Waals surface area contributed by atoms with Crippen molar-refractivity contribution in [3.05, 3.63) is 29.3 Å². The molecule has 0 atom stereocenters. The fourth-order valence-electron chi connectivity index (χ4n) is 1.62. The van der Waals surface area contributed by atoms with Crippen LogP contribution in [0.25, 0.3) is 0 Å². The third-order valence-electron chi connectivity index (χ3n) is 2.50. The first kappa shape index (κ1) is 12.5. The number of halogens is 2. The monoisotopic (exact) mass is 255 g/mol. The molecule has 6 heteroatoms. The number of hydrogen-bond acceptors (Lipinski definition) is 4. The van der Waals surface area contributed by atoms with Gasteiger partial charge in [-0.2, -0.15) is 0 Å². The number of aliphatic imine (C=N–C) groups is 1. The number of carbonyl (C=O) groups is 1. The van der Waals surface area contributed by atoms with E-state index in [1.54, 1.807) is 0 Å². The van der Waals surface area contributed by atoms with E-state index in [1.165, 1.54) is 7.11 Å². The topological polar surface area (TPSA) is 47.9 Å². The number of hydrogen-bond donors (Lipinski definition) is 0. The molecule has 0 spiro atoms. The molecule has 0 saturated heterocycles. The van der Waals surface area contributed by atoms with Gasteiger partial charge in [0.2, 0.25) is 0 Å². The van der Waals surface area contributed by atoms with Crippen LogP contribution in [-0.4, -0.2) is 31.9 Å². The summed E-state index contributed by atoms with van der Waals surface area (Å²) >= 11 is 0. The highest BCUT2D eigenvalue weighted by molar-refractivity contribution is 6.07. The maximum Gasteiger partial charge on any atom is 0.191 e. The molecule has 1 aliphatic rings. The van der Waals surface area contributed by atoms with Crippen LogP contribution in [0.3, 0.4) is 0 Å². The molecule has 1 aromatic carbocycles. The van der Waals surface area contributed by atoms with Crippen molar-refractivity contribution < 1.29 is 23.0 Å². The first-order chi connectivity index (χ1) is 8.61. The van der Waals surface area contributed by atoms with Crippen LogP contribution in [0.5, 0.6) is 5.75 Å². The van der Waals surface area contributed by atoms with Crippen LogP contribution in [-0.2, 0) is 4.74 Å². The van der Waals surface area contributed by atoms with E-state index in [0.29, 0.717) is 13.2 Å². The highest BCUT2D eigenvalue weighted by atomic mass is 19.1. The number of ketones is 1. The lowest BCUT2D eigenvalue weighted by molar-refractivity contribution is 0.0990. The van der Waals surface area contributed by atoms with E-state index in [9.17, 15) is 13.6 Å².